The van der Waals surface area contributed by atoms with Crippen molar-refractivity contribution in [1.29, 1.82) is 0 Å². The summed E-state index contributed by atoms with van der Waals surface area (Å²) in [7, 11) is 3.27. The largest absolute Gasteiger partial charge is 0.382 e. The van der Waals surface area contributed by atoms with E-state index in [1.165, 1.54) is 9.36 Å². The van der Waals surface area contributed by atoms with Crippen molar-refractivity contribution in [3.05, 3.63) is 10.4 Å². The van der Waals surface area contributed by atoms with E-state index in [2.05, 4.69) is 8.85 Å². The maximum Gasteiger partial charge on any atom is 0.292 e. The Morgan fingerprint density at radius 2 is 2.07 bits per heavy atom. The molecule has 7 nitrogen and oxygen atoms in total. The number of carbonyl (C=O) groups excluding carboxylic acids is 1. The number of amides is 1. The van der Waals surface area contributed by atoms with E-state index in [1.807, 2.05) is 0 Å². The molecule has 8 heteroatoms. The summed E-state index contributed by atoms with van der Waals surface area (Å²) >= 11 is 1.73. The first-order valence-corrected chi connectivity index (χ1v) is 5.21. The van der Waals surface area contributed by atoms with Crippen LogP contribution < -0.4 is 20.1 Å². The zero-order chi connectivity index (χ0) is 11.6. The molecule has 1 rings (SSSR count). The van der Waals surface area contributed by atoms with Crippen molar-refractivity contribution in [2.24, 2.45) is 14.1 Å². The fraction of sp³-hybridized carbons (Fsp3) is 0.429. The van der Waals surface area contributed by atoms with Crippen molar-refractivity contribution >= 4 is 40.3 Å². The van der Waals surface area contributed by atoms with Gasteiger partial charge in [-0.1, -0.05) is 0 Å². The van der Waals surface area contributed by atoms with E-state index in [1.54, 1.807) is 37.0 Å². The molecule has 1 aromatic rings. The summed E-state index contributed by atoms with van der Waals surface area (Å²) in [5, 5.41) is 2.70. The van der Waals surface area contributed by atoms with Crippen molar-refractivity contribution in [3.63, 3.8) is 0 Å². The maximum atomic E-state index is 11.6. The molecule has 1 amide bonds. The Morgan fingerprint density at radius 3 is 2.47 bits per heavy atom. The number of halogens is 1. The zero-order valence-corrected chi connectivity index (χ0v) is 10.5. The number of nitrogens with zero attached hydrogens (tertiary/aromatic N) is 2. The molecule has 0 fully saturated rings. The Bertz CT molecular complexity index is 435. The highest BCUT2D eigenvalue weighted by atomic mass is 127. The second-order valence-corrected chi connectivity index (χ2v) is 3.52. The van der Waals surface area contributed by atoms with Gasteiger partial charge in [0.05, 0.1) is 29.4 Å². The minimum atomic E-state index is -0.253. The van der Waals surface area contributed by atoms with Crippen LogP contribution in [-0.4, -0.2) is 21.8 Å². The molecule has 1 aromatic heterocycles. The van der Waals surface area contributed by atoms with Gasteiger partial charge in [0.15, 0.2) is 0 Å². The Kier molecular flexibility index (Phi) is 3.61. The van der Waals surface area contributed by atoms with Gasteiger partial charge in [0.1, 0.15) is 11.5 Å². The van der Waals surface area contributed by atoms with Crippen LogP contribution in [0, 0.1) is 0 Å². The lowest BCUT2D eigenvalue weighted by Crippen LogP contribution is -2.25. The van der Waals surface area contributed by atoms with Gasteiger partial charge in [0.25, 0.3) is 5.56 Å². The molecule has 15 heavy (non-hydrogen) atoms. The summed E-state index contributed by atoms with van der Waals surface area (Å²) in [6.07, 6.45) is 0. The SMILES string of the molecule is Cn1c(N)c(NCC(=O)NI)c(=O)n1C. The lowest BCUT2D eigenvalue weighted by molar-refractivity contribution is -0.117. The van der Waals surface area contributed by atoms with Crippen molar-refractivity contribution in [3.8, 4) is 0 Å². The van der Waals surface area contributed by atoms with Gasteiger partial charge in [0.2, 0.25) is 5.91 Å². The molecule has 0 atom stereocenters. The second kappa shape index (κ2) is 4.55. The first kappa shape index (κ1) is 11.9. The molecule has 0 aromatic carbocycles. The van der Waals surface area contributed by atoms with Crippen LogP contribution in [0.15, 0.2) is 4.79 Å². The molecule has 0 aliphatic rings. The third kappa shape index (κ3) is 2.25. The van der Waals surface area contributed by atoms with Gasteiger partial charge in [-0.15, -0.1) is 0 Å². The van der Waals surface area contributed by atoms with Crippen LogP contribution in [-0.2, 0) is 18.9 Å². The quantitative estimate of drug-likeness (QED) is 0.500. The van der Waals surface area contributed by atoms with E-state index in [0.29, 0.717) is 5.82 Å². The topological polar surface area (TPSA) is 94.1 Å². The predicted octanol–water partition coefficient (Wildman–Crippen LogP) is -0.816. The zero-order valence-electron chi connectivity index (χ0n) is 8.37. The van der Waals surface area contributed by atoms with Gasteiger partial charge in [-0.25, -0.2) is 0 Å². The fourth-order valence-electron chi connectivity index (χ4n) is 1.10. The summed E-state index contributed by atoms with van der Waals surface area (Å²) in [5.41, 5.74) is 5.67. The third-order valence-electron chi connectivity index (χ3n) is 2.09. The van der Waals surface area contributed by atoms with Crippen LogP contribution in [0.4, 0.5) is 11.5 Å². The summed E-state index contributed by atoms with van der Waals surface area (Å²) < 4.78 is 5.27. The molecule has 1 heterocycles. The van der Waals surface area contributed by atoms with Crippen LogP contribution in [0.25, 0.3) is 0 Å². The minimum Gasteiger partial charge on any atom is -0.382 e. The Labute approximate surface area is 100 Å². The van der Waals surface area contributed by atoms with Gasteiger partial charge in [-0.05, 0) is 0 Å². The van der Waals surface area contributed by atoms with Gasteiger partial charge in [-0.3, -0.25) is 22.5 Å². The number of nitrogens with one attached hydrogen (secondary N) is 2. The molecule has 0 saturated heterocycles. The molecule has 0 spiro atoms. The number of hydrogen-bond acceptors (Lipinski definition) is 4. The number of aromatic nitrogens is 2. The normalized spacial score (nSPS) is 10.1. The Balaban J connectivity index is 2.91. The first-order chi connectivity index (χ1) is 6.99. The van der Waals surface area contributed by atoms with Gasteiger partial charge in [0, 0.05) is 14.1 Å². The van der Waals surface area contributed by atoms with E-state index >= 15 is 0 Å². The van der Waals surface area contributed by atoms with Gasteiger partial charge < -0.3 is 11.1 Å². The average molecular weight is 325 g/mol. The highest BCUT2D eigenvalue weighted by Crippen LogP contribution is 2.11. The van der Waals surface area contributed by atoms with E-state index in [4.69, 9.17) is 5.73 Å². The number of nitrogens with two attached hydrogens (primary N) is 1. The van der Waals surface area contributed by atoms with E-state index in [9.17, 15) is 9.59 Å². The standard InChI is InChI=1S/C7H12IN5O2/c1-12-6(9)5(7(15)13(12)2)10-3-4(14)11-8/h10H,3,9H2,1-2H3,(H,11,14). The smallest absolute Gasteiger partial charge is 0.292 e. The summed E-state index contributed by atoms with van der Waals surface area (Å²) in [4.78, 5) is 22.5. The molecule has 84 valence electrons. The minimum absolute atomic E-state index is 0.0202. The molecular formula is C7H12IN5O2. The molecule has 0 aliphatic carbocycles. The fourth-order valence-corrected chi connectivity index (χ4v) is 1.29. The number of anilines is 2. The van der Waals surface area contributed by atoms with Crippen LogP contribution >= 0.6 is 22.9 Å². The number of nitrogen functional groups attached to an aromatic ring is 1. The predicted molar refractivity (Wildman–Crippen MR) is 65.7 cm³/mol. The highest BCUT2D eigenvalue weighted by molar-refractivity contribution is 14.1. The lowest BCUT2D eigenvalue weighted by atomic mass is 10.4. The van der Waals surface area contributed by atoms with Crippen molar-refractivity contribution in [2.75, 3.05) is 17.6 Å². The molecular weight excluding hydrogens is 313 g/mol. The number of carbonyl (C=O) groups is 1. The van der Waals surface area contributed by atoms with Crippen LogP contribution in [0.5, 0.6) is 0 Å². The maximum absolute atomic E-state index is 11.6. The van der Waals surface area contributed by atoms with Gasteiger partial charge in [-0.2, -0.15) is 0 Å². The van der Waals surface area contributed by atoms with Crippen molar-refractivity contribution in [1.82, 2.24) is 12.9 Å². The molecule has 4 N–H and O–H groups in total. The molecule has 0 bridgehead atoms. The summed E-state index contributed by atoms with van der Waals surface area (Å²) in [5.74, 6) is 0.0877. The van der Waals surface area contributed by atoms with Crippen LogP contribution in [0.1, 0.15) is 0 Å². The lowest BCUT2D eigenvalue weighted by Gasteiger charge is -2.02. The molecule has 0 aliphatic heterocycles. The molecule has 0 unspecified atom stereocenters. The monoisotopic (exact) mass is 325 g/mol. The van der Waals surface area contributed by atoms with Crippen molar-refractivity contribution < 1.29 is 4.79 Å². The van der Waals surface area contributed by atoms with E-state index in [0.717, 1.165) is 0 Å². The van der Waals surface area contributed by atoms with Crippen LogP contribution in [0.3, 0.4) is 0 Å². The third-order valence-corrected chi connectivity index (χ3v) is 2.70. The van der Waals surface area contributed by atoms with Crippen molar-refractivity contribution in [2.45, 2.75) is 0 Å². The number of rotatable bonds is 3. The second-order valence-electron chi connectivity index (χ2n) is 2.98. The molecule has 0 radical (unpaired) electrons. The summed E-state index contributed by atoms with van der Waals surface area (Å²) in [6.45, 7) is 0.0202. The van der Waals surface area contributed by atoms with E-state index in [-0.39, 0.29) is 23.7 Å². The number of hydrogen-bond donors (Lipinski definition) is 3. The van der Waals surface area contributed by atoms with Crippen LogP contribution in [0.2, 0.25) is 0 Å². The molecule has 0 saturated carbocycles. The van der Waals surface area contributed by atoms with E-state index < -0.39 is 0 Å². The average Bonchev–Trinajstić information content (AvgIpc) is 2.41. The van der Waals surface area contributed by atoms with Gasteiger partial charge >= 0.3 is 0 Å². The first-order valence-electron chi connectivity index (χ1n) is 4.13. The Hall–Kier alpha value is -1.19. The Morgan fingerprint density at radius 1 is 1.47 bits per heavy atom. The highest BCUT2D eigenvalue weighted by Gasteiger charge is 2.13. The summed E-state index contributed by atoms with van der Waals surface area (Å²) in [6, 6.07) is 0.